The lowest BCUT2D eigenvalue weighted by atomic mass is 10.2. The van der Waals surface area contributed by atoms with Crippen LogP contribution in [0, 0.1) is 13.8 Å². The van der Waals surface area contributed by atoms with Gasteiger partial charge in [-0.3, -0.25) is 0 Å². The van der Waals surface area contributed by atoms with Crippen molar-refractivity contribution in [1.29, 1.82) is 0 Å². The van der Waals surface area contributed by atoms with Crippen molar-refractivity contribution < 1.29 is 0 Å². The smallest absolute Gasteiger partial charge is 0.0776 e. The van der Waals surface area contributed by atoms with Gasteiger partial charge in [0.1, 0.15) is 0 Å². The van der Waals surface area contributed by atoms with Crippen LogP contribution in [0.5, 0.6) is 0 Å². The lowest BCUT2D eigenvalue weighted by molar-refractivity contribution is 0.647. The average Bonchev–Trinajstić information content (AvgIpc) is 2.82. The van der Waals surface area contributed by atoms with Gasteiger partial charge in [-0.05, 0) is 54.5 Å². The van der Waals surface area contributed by atoms with Gasteiger partial charge in [0, 0.05) is 24.0 Å². The molecule has 0 aliphatic rings. The largest absolute Gasteiger partial charge is 0.305 e. The van der Waals surface area contributed by atoms with Crippen molar-refractivity contribution in [3.05, 3.63) is 42.2 Å². The summed E-state index contributed by atoms with van der Waals surface area (Å²) in [6, 6.07) is 6.95. The van der Waals surface area contributed by atoms with Crippen molar-refractivity contribution in [2.45, 2.75) is 26.8 Å². The van der Waals surface area contributed by atoms with Crippen LogP contribution in [0.15, 0.2) is 22.7 Å². The second-order valence-corrected chi connectivity index (χ2v) is 7.47. The highest BCUT2D eigenvalue weighted by atomic mass is 79.9. The van der Waals surface area contributed by atoms with Crippen molar-refractivity contribution in [2.24, 2.45) is 0 Å². The molecule has 1 N–H and O–H groups in total. The van der Waals surface area contributed by atoms with Gasteiger partial charge in [0.2, 0.25) is 0 Å². The van der Waals surface area contributed by atoms with Crippen LogP contribution < -0.4 is 5.32 Å². The summed E-state index contributed by atoms with van der Waals surface area (Å²) in [5, 5.41) is 3.57. The van der Waals surface area contributed by atoms with Gasteiger partial charge in [-0.1, -0.05) is 6.92 Å². The quantitative estimate of drug-likeness (QED) is 0.842. The second-order valence-electron chi connectivity index (χ2n) is 4.01. The Labute approximate surface area is 119 Å². The Kier molecular flexibility index (Phi) is 4.42. The molecule has 0 aliphatic carbocycles. The number of rotatable bonds is 4. The molecule has 0 fully saturated rings. The summed E-state index contributed by atoms with van der Waals surface area (Å²) in [6.07, 6.45) is 0. The molecule has 17 heavy (non-hydrogen) atoms. The molecule has 0 aromatic carbocycles. The number of aryl methyl sites for hydroxylation is 2. The van der Waals surface area contributed by atoms with Crippen molar-refractivity contribution in [3.8, 4) is 0 Å². The highest BCUT2D eigenvalue weighted by Crippen LogP contribution is 2.37. The van der Waals surface area contributed by atoms with E-state index in [0.29, 0.717) is 6.04 Å². The maximum absolute atomic E-state index is 3.67. The molecule has 2 aromatic heterocycles. The average molecular weight is 330 g/mol. The Morgan fingerprint density at radius 3 is 2.47 bits per heavy atom. The topological polar surface area (TPSA) is 12.0 Å². The molecular formula is C13H16BrNS2. The van der Waals surface area contributed by atoms with Gasteiger partial charge in [0.25, 0.3) is 0 Å². The van der Waals surface area contributed by atoms with Gasteiger partial charge in [-0.2, -0.15) is 0 Å². The standard InChI is InChI=1S/C13H16BrNS2/c1-4-15-12(11-6-5-8(2)16-11)13-10(14)7-9(3)17-13/h5-7,12,15H,4H2,1-3H3. The van der Waals surface area contributed by atoms with Crippen molar-refractivity contribution >= 4 is 38.6 Å². The lowest BCUT2D eigenvalue weighted by Crippen LogP contribution is -2.20. The van der Waals surface area contributed by atoms with E-state index in [1.807, 2.05) is 22.7 Å². The first-order valence-electron chi connectivity index (χ1n) is 5.67. The van der Waals surface area contributed by atoms with Crippen LogP contribution >= 0.6 is 38.6 Å². The number of halogens is 1. The van der Waals surface area contributed by atoms with Crippen molar-refractivity contribution in [3.63, 3.8) is 0 Å². The van der Waals surface area contributed by atoms with Crippen molar-refractivity contribution in [1.82, 2.24) is 5.32 Å². The molecule has 0 saturated heterocycles. The fraction of sp³-hybridized carbons (Fsp3) is 0.385. The van der Waals surface area contributed by atoms with Crippen LogP contribution in [0.1, 0.15) is 32.5 Å². The molecule has 0 spiro atoms. The summed E-state index contributed by atoms with van der Waals surface area (Å²) in [5.41, 5.74) is 0. The number of nitrogens with one attached hydrogen (secondary N) is 1. The molecule has 0 amide bonds. The normalized spacial score (nSPS) is 12.9. The fourth-order valence-electron chi connectivity index (χ4n) is 1.83. The summed E-state index contributed by atoms with van der Waals surface area (Å²) in [4.78, 5) is 5.49. The zero-order valence-electron chi connectivity index (χ0n) is 10.2. The minimum absolute atomic E-state index is 0.326. The number of hydrogen-bond acceptors (Lipinski definition) is 3. The molecule has 0 saturated carbocycles. The molecule has 92 valence electrons. The molecule has 2 rings (SSSR count). The van der Waals surface area contributed by atoms with Gasteiger partial charge in [-0.25, -0.2) is 0 Å². The van der Waals surface area contributed by atoms with E-state index in [1.165, 1.54) is 24.0 Å². The predicted molar refractivity (Wildman–Crippen MR) is 81.3 cm³/mol. The summed E-state index contributed by atoms with van der Waals surface area (Å²) in [5.74, 6) is 0. The first-order chi connectivity index (χ1) is 8.11. The van der Waals surface area contributed by atoms with Gasteiger partial charge in [0.15, 0.2) is 0 Å². The van der Waals surface area contributed by atoms with Crippen LogP contribution in [0.4, 0.5) is 0 Å². The van der Waals surface area contributed by atoms with Crippen LogP contribution in [-0.4, -0.2) is 6.54 Å². The van der Waals surface area contributed by atoms with E-state index in [2.05, 4.69) is 60.2 Å². The maximum Gasteiger partial charge on any atom is 0.0776 e. The van der Waals surface area contributed by atoms with E-state index in [1.54, 1.807) is 0 Å². The summed E-state index contributed by atoms with van der Waals surface area (Å²) in [6.45, 7) is 7.44. The minimum Gasteiger partial charge on any atom is -0.305 e. The molecule has 1 nitrogen and oxygen atoms in total. The van der Waals surface area contributed by atoms with Gasteiger partial charge in [-0.15, -0.1) is 22.7 Å². The third kappa shape index (κ3) is 2.99. The Morgan fingerprint density at radius 1 is 1.24 bits per heavy atom. The van der Waals surface area contributed by atoms with E-state index >= 15 is 0 Å². The fourth-order valence-corrected chi connectivity index (χ4v) is 4.85. The third-order valence-electron chi connectivity index (χ3n) is 2.55. The van der Waals surface area contributed by atoms with Crippen LogP contribution in [0.2, 0.25) is 0 Å². The lowest BCUT2D eigenvalue weighted by Gasteiger charge is -2.15. The predicted octanol–water partition coefficient (Wildman–Crippen LogP) is 4.89. The Balaban J connectivity index is 2.38. The molecule has 4 heteroatoms. The zero-order valence-corrected chi connectivity index (χ0v) is 13.4. The van der Waals surface area contributed by atoms with Crippen LogP contribution in [0.25, 0.3) is 0 Å². The van der Waals surface area contributed by atoms with E-state index in [-0.39, 0.29) is 0 Å². The van der Waals surface area contributed by atoms with Crippen LogP contribution in [0.3, 0.4) is 0 Å². The Morgan fingerprint density at radius 2 is 2.00 bits per heavy atom. The Bertz CT molecular complexity index is 501. The molecular weight excluding hydrogens is 314 g/mol. The third-order valence-corrected chi connectivity index (χ3v) is 5.65. The molecule has 0 radical (unpaired) electrons. The Hall–Kier alpha value is -0.160. The number of hydrogen-bond donors (Lipinski definition) is 1. The molecule has 2 heterocycles. The van der Waals surface area contributed by atoms with Crippen LogP contribution in [-0.2, 0) is 0 Å². The van der Waals surface area contributed by atoms with Crippen molar-refractivity contribution in [2.75, 3.05) is 6.54 Å². The summed E-state index contributed by atoms with van der Waals surface area (Å²) in [7, 11) is 0. The van der Waals surface area contributed by atoms with Gasteiger partial charge >= 0.3 is 0 Å². The first-order valence-corrected chi connectivity index (χ1v) is 8.10. The van der Waals surface area contributed by atoms with E-state index in [4.69, 9.17) is 0 Å². The molecule has 0 aliphatic heterocycles. The summed E-state index contributed by atoms with van der Waals surface area (Å²) < 4.78 is 1.22. The van der Waals surface area contributed by atoms with Gasteiger partial charge in [0.05, 0.1) is 6.04 Å². The monoisotopic (exact) mass is 329 g/mol. The van der Waals surface area contributed by atoms with E-state index in [9.17, 15) is 0 Å². The zero-order chi connectivity index (χ0) is 12.4. The van der Waals surface area contributed by atoms with E-state index < -0.39 is 0 Å². The first kappa shape index (κ1) is 13.3. The number of thiophene rings is 2. The highest BCUT2D eigenvalue weighted by Gasteiger charge is 2.19. The maximum atomic E-state index is 3.67. The molecule has 2 aromatic rings. The summed E-state index contributed by atoms with van der Waals surface area (Å²) >= 11 is 7.40. The molecule has 0 bridgehead atoms. The second kappa shape index (κ2) is 5.65. The SMILES string of the molecule is CCNC(c1ccc(C)s1)c1sc(C)cc1Br. The van der Waals surface area contributed by atoms with Gasteiger partial charge < -0.3 is 5.32 Å². The highest BCUT2D eigenvalue weighted by molar-refractivity contribution is 9.10. The van der Waals surface area contributed by atoms with E-state index in [0.717, 1.165) is 6.54 Å². The molecule has 1 atom stereocenters. The minimum atomic E-state index is 0.326. The molecule has 1 unspecified atom stereocenters.